The van der Waals surface area contributed by atoms with Gasteiger partial charge in [-0.2, -0.15) is 0 Å². The molecule has 6 heteroatoms. The van der Waals surface area contributed by atoms with Crippen LogP contribution in [0.2, 0.25) is 0 Å². The molecule has 0 spiro atoms. The molecule has 0 bridgehead atoms. The molecular weight excluding hydrogens is 432 g/mol. The minimum absolute atomic E-state index is 0.121. The number of aromatic nitrogens is 1. The second-order valence-corrected chi connectivity index (χ2v) is 10.7. The molecule has 1 aromatic heterocycles. The van der Waals surface area contributed by atoms with Crippen molar-refractivity contribution in [2.75, 3.05) is 33.3 Å². The van der Waals surface area contributed by atoms with Gasteiger partial charge >= 0.3 is 0 Å². The van der Waals surface area contributed by atoms with Crippen LogP contribution in [0.25, 0.3) is 0 Å². The van der Waals surface area contributed by atoms with Crippen molar-refractivity contribution in [2.45, 2.75) is 52.8 Å². The van der Waals surface area contributed by atoms with Gasteiger partial charge in [0.1, 0.15) is 11.6 Å². The van der Waals surface area contributed by atoms with Gasteiger partial charge in [0.25, 0.3) is 0 Å². The highest BCUT2D eigenvalue weighted by Crippen LogP contribution is 2.31. The van der Waals surface area contributed by atoms with E-state index >= 15 is 8.78 Å². The molecule has 4 nitrogen and oxygen atoms in total. The Hall–Kier alpha value is -1.89. The van der Waals surface area contributed by atoms with E-state index in [-0.39, 0.29) is 11.7 Å². The fourth-order valence-corrected chi connectivity index (χ4v) is 5.81. The fraction of sp³-hybridized carbons (Fsp3) is 0.607. The number of ether oxygens (including phenoxy) is 1. The maximum absolute atomic E-state index is 15.0. The van der Waals surface area contributed by atoms with Crippen molar-refractivity contribution in [3.05, 3.63) is 65.0 Å². The fourth-order valence-electron chi connectivity index (χ4n) is 5.81. The Balaban J connectivity index is 1.34. The summed E-state index contributed by atoms with van der Waals surface area (Å²) in [5.74, 6) is 0.926. The van der Waals surface area contributed by atoms with Crippen molar-refractivity contribution >= 4 is 0 Å². The van der Waals surface area contributed by atoms with E-state index in [1.54, 1.807) is 25.4 Å². The van der Waals surface area contributed by atoms with Crippen LogP contribution in [0.1, 0.15) is 43.9 Å². The lowest BCUT2D eigenvalue weighted by atomic mass is 9.87. The summed E-state index contributed by atoms with van der Waals surface area (Å²) < 4.78 is 35.7. The SMILES string of the molecule is COC1CN(Cc2c(F)cc(CC(C)C3CCN(Cc4cccnc4)C3)cc2F)CC1C(C)C. The Morgan fingerprint density at radius 2 is 1.79 bits per heavy atom. The van der Waals surface area contributed by atoms with Crippen molar-refractivity contribution in [2.24, 2.45) is 23.7 Å². The van der Waals surface area contributed by atoms with Gasteiger partial charge in [-0.1, -0.05) is 26.8 Å². The third-order valence-corrected chi connectivity index (χ3v) is 7.93. The summed E-state index contributed by atoms with van der Waals surface area (Å²) in [6.07, 6.45) is 5.66. The van der Waals surface area contributed by atoms with Gasteiger partial charge in [0, 0.05) is 63.7 Å². The average Bonchev–Trinajstić information content (AvgIpc) is 3.44. The molecular formula is C28H39F2N3O. The van der Waals surface area contributed by atoms with E-state index in [1.165, 1.54) is 5.56 Å². The number of pyridine rings is 1. The molecule has 1 aromatic carbocycles. The number of rotatable bonds is 9. The molecule has 2 saturated heterocycles. The highest BCUT2D eigenvalue weighted by molar-refractivity contribution is 5.27. The molecule has 4 unspecified atom stereocenters. The molecule has 2 aliphatic heterocycles. The first-order chi connectivity index (χ1) is 16.3. The topological polar surface area (TPSA) is 28.6 Å². The molecule has 4 atom stereocenters. The Bertz CT molecular complexity index is 915. The van der Waals surface area contributed by atoms with Gasteiger partial charge in [0.2, 0.25) is 0 Å². The molecule has 0 aliphatic carbocycles. The third-order valence-electron chi connectivity index (χ3n) is 7.93. The maximum atomic E-state index is 15.0. The summed E-state index contributed by atoms with van der Waals surface area (Å²) in [5, 5.41) is 0. The maximum Gasteiger partial charge on any atom is 0.130 e. The lowest BCUT2D eigenvalue weighted by Crippen LogP contribution is -2.25. The molecule has 2 fully saturated rings. The standard InChI is InChI=1S/C28H39F2N3O/c1-19(2)24-16-33(18-28(24)34-4)17-25-26(29)11-22(12-27(25)30)10-20(3)23-7-9-32(15-23)14-21-6-5-8-31-13-21/h5-6,8,11-13,19-20,23-24,28H,7,9-10,14-18H2,1-4H3. The highest BCUT2D eigenvalue weighted by Gasteiger charge is 2.35. The number of likely N-dealkylation sites (tertiary alicyclic amines) is 2. The van der Waals surface area contributed by atoms with Crippen molar-refractivity contribution in [1.29, 1.82) is 0 Å². The highest BCUT2D eigenvalue weighted by atomic mass is 19.1. The molecule has 0 saturated carbocycles. The van der Waals surface area contributed by atoms with Crippen LogP contribution < -0.4 is 0 Å². The van der Waals surface area contributed by atoms with Gasteiger partial charge < -0.3 is 4.74 Å². The summed E-state index contributed by atoms with van der Waals surface area (Å²) in [6, 6.07) is 7.19. The summed E-state index contributed by atoms with van der Waals surface area (Å²) in [5.41, 5.74) is 2.16. The van der Waals surface area contributed by atoms with Gasteiger partial charge in [0.05, 0.1) is 6.10 Å². The largest absolute Gasteiger partial charge is 0.380 e. The normalized spacial score (nSPS) is 24.9. The van der Waals surface area contributed by atoms with Crippen molar-refractivity contribution in [1.82, 2.24) is 14.8 Å². The zero-order valence-corrected chi connectivity index (χ0v) is 21.0. The number of benzene rings is 1. The van der Waals surface area contributed by atoms with Crippen LogP contribution in [0.5, 0.6) is 0 Å². The van der Waals surface area contributed by atoms with Gasteiger partial charge in [-0.3, -0.25) is 14.8 Å². The molecule has 186 valence electrons. The summed E-state index contributed by atoms with van der Waals surface area (Å²) in [7, 11) is 1.73. The van der Waals surface area contributed by atoms with E-state index in [0.717, 1.165) is 38.2 Å². The minimum Gasteiger partial charge on any atom is -0.380 e. The Morgan fingerprint density at radius 3 is 2.41 bits per heavy atom. The first kappa shape index (κ1) is 25.2. The lowest BCUT2D eigenvalue weighted by molar-refractivity contribution is 0.0635. The predicted octanol–water partition coefficient (Wildman–Crippen LogP) is 5.16. The van der Waals surface area contributed by atoms with Crippen LogP contribution in [0, 0.1) is 35.3 Å². The van der Waals surface area contributed by atoms with Crippen LogP contribution >= 0.6 is 0 Å². The van der Waals surface area contributed by atoms with E-state index < -0.39 is 11.6 Å². The Kier molecular flexibility index (Phi) is 8.33. The molecule has 0 radical (unpaired) electrons. The van der Waals surface area contributed by atoms with Gasteiger partial charge in [-0.05, 0) is 66.5 Å². The van der Waals surface area contributed by atoms with E-state index in [9.17, 15) is 0 Å². The molecule has 2 aliphatic rings. The van der Waals surface area contributed by atoms with Gasteiger partial charge in [0.15, 0.2) is 0 Å². The minimum atomic E-state index is -0.422. The van der Waals surface area contributed by atoms with Crippen LogP contribution in [0.3, 0.4) is 0 Å². The Labute approximate surface area is 203 Å². The van der Waals surface area contributed by atoms with E-state index in [4.69, 9.17) is 4.74 Å². The second-order valence-electron chi connectivity index (χ2n) is 10.7. The molecule has 0 amide bonds. The van der Waals surface area contributed by atoms with E-state index in [2.05, 4.69) is 41.6 Å². The first-order valence-corrected chi connectivity index (χ1v) is 12.7. The summed E-state index contributed by atoms with van der Waals surface area (Å²) in [6.45, 7) is 11.4. The van der Waals surface area contributed by atoms with E-state index in [0.29, 0.717) is 43.2 Å². The quantitative estimate of drug-likeness (QED) is 0.505. The number of methoxy groups -OCH3 is 1. The molecule has 0 N–H and O–H groups in total. The molecule has 3 heterocycles. The molecule has 34 heavy (non-hydrogen) atoms. The Morgan fingerprint density at radius 1 is 1.03 bits per heavy atom. The number of nitrogens with zero attached hydrogens (tertiary/aromatic N) is 3. The lowest BCUT2D eigenvalue weighted by Gasteiger charge is -2.22. The van der Waals surface area contributed by atoms with Gasteiger partial charge in [-0.15, -0.1) is 0 Å². The first-order valence-electron chi connectivity index (χ1n) is 12.7. The smallest absolute Gasteiger partial charge is 0.130 e. The zero-order chi connectivity index (χ0) is 24.2. The zero-order valence-electron chi connectivity index (χ0n) is 21.0. The second kappa shape index (κ2) is 11.2. The summed E-state index contributed by atoms with van der Waals surface area (Å²) in [4.78, 5) is 8.78. The van der Waals surface area contributed by atoms with Gasteiger partial charge in [-0.25, -0.2) is 8.78 Å². The molecule has 4 rings (SSSR count). The van der Waals surface area contributed by atoms with Crippen molar-refractivity contribution < 1.29 is 13.5 Å². The van der Waals surface area contributed by atoms with Crippen LogP contribution in [0.4, 0.5) is 8.78 Å². The monoisotopic (exact) mass is 471 g/mol. The van der Waals surface area contributed by atoms with Crippen molar-refractivity contribution in [3.8, 4) is 0 Å². The third kappa shape index (κ3) is 6.02. The summed E-state index contributed by atoms with van der Waals surface area (Å²) >= 11 is 0. The van der Waals surface area contributed by atoms with Crippen LogP contribution in [0.15, 0.2) is 36.7 Å². The van der Waals surface area contributed by atoms with E-state index in [1.807, 2.05) is 12.3 Å². The number of hydrogen-bond acceptors (Lipinski definition) is 4. The van der Waals surface area contributed by atoms with Crippen LogP contribution in [-0.2, 0) is 24.2 Å². The number of hydrogen-bond donors (Lipinski definition) is 0. The average molecular weight is 472 g/mol. The molecule has 2 aromatic rings. The van der Waals surface area contributed by atoms with Crippen LogP contribution in [-0.4, -0.2) is 54.2 Å². The number of halogens is 2. The predicted molar refractivity (Wildman–Crippen MR) is 131 cm³/mol. The van der Waals surface area contributed by atoms with Crippen molar-refractivity contribution in [3.63, 3.8) is 0 Å².